The van der Waals surface area contributed by atoms with Crippen molar-refractivity contribution in [2.45, 2.75) is 6.61 Å². The third-order valence-electron chi connectivity index (χ3n) is 4.12. The van der Waals surface area contributed by atoms with Gasteiger partial charge in [-0.3, -0.25) is 0 Å². The van der Waals surface area contributed by atoms with E-state index < -0.39 is 5.82 Å². The maximum Gasteiger partial charge on any atom is 0.178 e. The molecule has 0 fully saturated rings. The second-order valence-electron chi connectivity index (χ2n) is 6.08. The Labute approximate surface area is 160 Å². The Morgan fingerprint density at radius 2 is 1.86 bits per heavy atom. The number of benzene rings is 2. The van der Waals surface area contributed by atoms with Crippen molar-refractivity contribution >= 4 is 10.9 Å². The maximum absolute atomic E-state index is 14.0. The largest absolute Gasteiger partial charge is 0.505 e. The van der Waals surface area contributed by atoms with Gasteiger partial charge < -0.3 is 14.6 Å². The van der Waals surface area contributed by atoms with E-state index in [0.717, 1.165) is 11.3 Å². The summed E-state index contributed by atoms with van der Waals surface area (Å²) in [5, 5.41) is 9.95. The van der Waals surface area contributed by atoms with Crippen LogP contribution < -0.4 is 9.47 Å². The fourth-order valence-electron chi connectivity index (χ4n) is 2.78. The zero-order valence-corrected chi connectivity index (χ0v) is 15.0. The van der Waals surface area contributed by atoms with Crippen molar-refractivity contribution in [3.05, 3.63) is 72.3 Å². The van der Waals surface area contributed by atoms with E-state index in [1.165, 1.54) is 24.5 Å². The van der Waals surface area contributed by atoms with E-state index in [1.807, 2.05) is 24.3 Å². The standard InChI is InChI=1S/C21H16FN3O3/c1-27-17-4-2-3-13(7-17)12-28-19-9-15(22)8-14-5-6-18(25-20(14)19)21-23-10-16(26)11-24-21/h2-11,26H,12H2,1H3. The van der Waals surface area contributed by atoms with E-state index in [1.54, 1.807) is 19.2 Å². The molecule has 0 aliphatic heterocycles. The zero-order valence-electron chi connectivity index (χ0n) is 15.0. The number of aromatic hydroxyl groups is 1. The molecular weight excluding hydrogens is 361 g/mol. The van der Waals surface area contributed by atoms with Crippen LogP contribution in [0.2, 0.25) is 0 Å². The summed E-state index contributed by atoms with van der Waals surface area (Å²) < 4.78 is 25.1. The molecule has 1 N–H and O–H groups in total. The Balaban J connectivity index is 1.69. The fourth-order valence-corrected chi connectivity index (χ4v) is 2.78. The monoisotopic (exact) mass is 377 g/mol. The molecule has 2 aromatic carbocycles. The van der Waals surface area contributed by atoms with E-state index in [-0.39, 0.29) is 12.4 Å². The first-order chi connectivity index (χ1) is 13.6. The van der Waals surface area contributed by atoms with Crippen molar-refractivity contribution in [2.24, 2.45) is 0 Å². The average molecular weight is 377 g/mol. The Bertz CT molecular complexity index is 1130. The quantitative estimate of drug-likeness (QED) is 0.564. The van der Waals surface area contributed by atoms with Crippen LogP contribution in [-0.4, -0.2) is 27.2 Å². The van der Waals surface area contributed by atoms with Crippen LogP contribution in [0.4, 0.5) is 4.39 Å². The molecule has 0 atom stereocenters. The molecule has 0 bridgehead atoms. The lowest BCUT2D eigenvalue weighted by molar-refractivity contribution is 0.307. The molecule has 0 aliphatic rings. The summed E-state index contributed by atoms with van der Waals surface area (Å²) in [4.78, 5) is 12.7. The molecule has 0 radical (unpaired) electrons. The molecule has 2 heterocycles. The molecule has 2 aromatic heterocycles. The molecule has 6 nitrogen and oxygen atoms in total. The number of hydrogen-bond donors (Lipinski definition) is 1. The lowest BCUT2D eigenvalue weighted by Crippen LogP contribution is -1.99. The first-order valence-corrected chi connectivity index (χ1v) is 8.50. The van der Waals surface area contributed by atoms with Gasteiger partial charge in [0.15, 0.2) is 11.6 Å². The van der Waals surface area contributed by atoms with Gasteiger partial charge in [-0.05, 0) is 29.8 Å². The van der Waals surface area contributed by atoms with Gasteiger partial charge >= 0.3 is 0 Å². The number of halogens is 1. The predicted octanol–water partition coefficient (Wildman–Crippen LogP) is 4.12. The van der Waals surface area contributed by atoms with E-state index in [9.17, 15) is 9.50 Å². The molecule has 0 saturated heterocycles. The molecule has 7 heteroatoms. The predicted molar refractivity (Wildman–Crippen MR) is 102 cm³/mol. The van der Waals surface area contributed by atoms with Crippen LogP contribution in [0.15, 0.2) is 60.9 Å². The summed E-state index contributed by atoms with van der Waals surface area (Å²) in [6.45, 7) is 0.234. The Hall–Kier alpha value is -3.74. The highest BCUT2D eigenvalue weighted by Crippen LogP contribution is 2.29. The molecule has 28 heavy (non-hydrogen) atoms. The highest BCUT2D eigenvalue weighted by molar-refractivity contribution is 5.86. The first kappa shape index (κ1) is 17.7. The molecule has 0 aliphatic carbocycles. The maximum atomic E-state index is 14.0. The average Bonchev–Trinajstić information content (AvgIpc) is 2.72. The third kappa shape index (κ3) is 3.68. The van der Waals surface area contributed by atoms with E-state index >= 15 is 0 Å². The number of nitrogens with zero attached hydrogens (tertiary/aromatic N) is 3. The summed E-state index contributed by atoms with van der Waals surface area (Å²) in [7, 11) is 1.59. The van der Waals surface area contributed by atoms with Crippen molar-refractivity contribution in [1.29, 1.82) is 0 Å². The topological polar surface area (TPSA) is 77.4 Å². The van der Waals surface area contributed by atoms with E-state index in [2.05, 4.69) is 15.0 Å². The number of hydrogen-bond acceptors (Lipinski definition) is 6. The van der Waals surface area contributed by atoms with Crippen LogP contribution in [0.5, 0.6) is 17.2 Å². The van der Waals surface area contributed by atoms with Crippen LogP contribution >= 0.6 is 0 Å². The first-order valence-electron chi connectivity index (χ1n) is 8.50. The molecule has 0 amide bonds. The molecule has 0 unspecified atom stereocenters. The molecule has 0 saturated carbocycles. The second kappa shape index (κ2) is 7.48. The number of rotatable bonds is 5. The highest BCUT2D eigenvalue weighted by atomic mass is 19.1. The van der Waals surface area contributed by atoms with Gasteiger partial charge in [0, 0.05) is 11.5 Å². The van der Waals surface area contributed by atoms with Crippen LogP contribution in [-0.2, 0) is 6.61 Å². The minimum Gasteiger partial charge on any atom is -0.505 e. The number of ether oxygens (including phenoxy) is 2. The van der Waals surface area contributed by atoms with Gasteiger partial charge in [-0.15, -0.1) is 0 Å². The lowest BCUT2D eigenvalue weighted by atomic mass is 10.1. The Kier molecular flexibility index (Phi) is 4.72. The Morgan fingerprint density at radius 1 is 1.04 bits per heavy atom. The minimum atomic E-state index is -0.413. The van der Waals surface area contributed by atoms with Crippen molar-refractivity contribution in [3.63, 3.8) is 0 Å². The van der Waals surface area contributed by atoms with Gasteiger partial charge in [-0.2, -0.15) is 0 Å². The van der Waals surface area contributed by atoms with Crippen molar-refractivity contribution in [2.75, 3.05) is 7.11 Å². The summed E-state index contributed by atoms with van der Waals surface area (Å²) in [5.41, 5.74) is 1.87. The van der Waals surface area contributed by atoms with Crippen molar-refractivity contribution in [1.82, 2.24) is 15.0 Å². The van der Waals surface area contributed by atoms with Crippen LogP contribution in [0, 0.1) is 5.82 Å². The fraction of sp³-hybridized carbons (Fsp3) is 0.0952. The summed E-state index contributed by atoms with van der Waals surface area (Å²) >= 11 is 0. The molecule has 140 valence electrons. The molecule has 0 spiro atoms. The van der Waals surface area contributed by atoms with Crippen molar-refractivity contribution < 1.29 is 19.0 Å². The number of fused-ring (bicyclic) bond motifs is 1. The van der Waals surface area contributed by atoms with Gasteiger partial charge in [-0.1, -0.05) is 18.2 Å². The molecule has 4 rings (SSSR count). The zero-order chi connectivity index (χ0) is 19.5. The normalized spacial score (nSPS) is 10.8. The number of methoxy groups -OCH3 is 1. The van der Waals surface area contributed by atoms with Gasteiger partial charge in [0.2, 0.25) is 0 Å². The minimum absolute atomic E-state index is 0.0334. The lowest BCUT2D eigenvalue weighted by Gasteiger charge is -2.11. The highest BCUT2D eigenvalue weighted by Gasteiger charge is 2.11. The van der Waals surface area contributed by atoms with Gasteiger partial charge in [0.1, 0.15) is 35.1 Å². The van der Waals surface area contributed by atoms with Gasteiger partial charge in [-0.25, -0.2) is 19.3 Å². The summed E-state index contributed by atoms with van der Waals surface area (Å²) in [6.07, 6.45) is 2.58. The molecule has 4 aromatic rings. The second-order valence-corrected chi connectivity index (χ2v) is 6.08. The van der Waals surface area contributed by atoms with E-state index in [0.29, 0.717) is 28.2 Å². The number of pyridine rings is 1. The Morgan fingerprint density at radius 3 is 2.64 bits per heavy atom. The van der Waals surface area contributed by atoms with Crippen molar-refractivity contribution in [3.8, 4) is 28.8 Å². The molecular formula is C21H16FN3O3. The van der Waals surface area contributed by atoms with Gasteiger partial charge in [0.05, 0.1) is 19.5 Å². The smallest absolute Gasteiger partial charge is 0.178 e. The van der Waals surface area contributed by atoms with Gasteiger partial charge in [0.25, 0.3) is 0 Å². The third-order valence-corrected chi connectivity index (χ3v) is 4.12. The van der Waals surface area contributed by atoms with Crippen LogP contribution in [0.25, 0.3) is 22.4 Å². The SMILES string of the molecule is COc1cccc(COc2cc(F)cc3ccc(-c4ncc(O)cn4)nc23)c1. The summed E-state index contributed by atoms with van der Waals surface area (Å²) in [6, 6.07) is 13.6. The van der Waals surface area contributed by atoms with Crippen LogP contribution in [0.1, 0.15) is 5.56 Å². The summed E-state index contributed by atoms with van der Waals surface area (Å²) in [5.74, 6) is 0.939. The van der Waals surface area contributed by atoms with E-state index in [4.69, 9.17) is 9.47 Å². The number of aromatic nitrogens is 3. The van der Waals surface area contributed by atoms with Crippen LogP contribution in [0.3, 0.4) is 0 Å².